The molecule has 0 saturated carbocycles. The summed E-state index contributed by atoms with van der Waals surface area (Å²) in [6, 6.07) is 11.7. The van der Waals surface area contributed by atoms with Crippen molar-refractivity contribution in [2.75, 3.05) is 0 Å². The molecule has 2 aromatic heterocycles. The Kier molecular flexibility index (Phi) is 3.03. The van der Waals surface area contributed by atoms with Crippen LogP contribution in [0.4, 0.5) is 17.6 Å². The second kappa shape index (κ2) is 5.72. The molecular formula is C26H8F4N4. The van der Waals surface area contributed by atoms with Crippen molar-refractivity contribution in [3.8, 4) is 45.0 Å². The zero-order chi connectivity index (χ0) is 22.9. The van der Waals surface area contributed by atoms with Crippen LogP contribution in [0.15, 0.2) is 48.5 Å². The summed E-state index contributed by atoms with van der Waals surface area (Å²) in [6.07, 6.45) is 0. The van der Waals surface area contributed by atoms with Gasteiger partial charge in [-0.15, -0.1) is 0 Å². The maximum atomic E-state index is 13.8. The van der Waals surface area contributed by atoms with Gasteiger partial charge in [0.2, 0.25) is 0 Å². The molecule has 4 nitrogen and oxygen atoms in total. The minimum Gasteiger partial charge on any atom is -0.244 e. The number of aromatic nitrogens is 4. The molecular weight excluding hydrogens is 444 g/mol. The second-order valence-corrected chi connectivity index (χ2v) is 8.42. The standard InChI is InChI=1S/C26H8F4N4/c27-13-5-17-18(6-14(13)28)33-25-11-3-4-12-22-10(2-1-9(21(11)22)23(25)31-17)24-26(12)34-20-8-16(30)15(29)7-19(20)32-24/h1-8H. The fourth-order valence-corrected chi connectivity index (χ4v) is 5.14. The highest BCUT2D eigenvalue weighted by molar-refractivity contribution is 6.25. The van der Waals surface area contributed by atoms with Gasteiger partial charge in [-0.1, -0.05) is 24.3 Å². The third-order valence-electron chi connectivity index (χ3n) is 6.59. The van der Waals surface area contributed by atoms with Gasteiger partial charge in [-0.3, -0.25) is 0 Å². The zero-order valence-corrected chi connectivity index (χ0v) is 16.9. The molecule has 34 heavy (non-hydrogen) atoms. The lowest BCUT2D eigenvalue weighted by molar-refractivity contribution is 0.510. The van der Waals surface area contributed by atoms with Gasteiger partial charge < -0.3 is 0 Å². The lowest BCUT2D eigenvalue weighted by Crippen LogP contribution is -1.94. The van der Waals surface area contributed by atoms with Crippen molar-refractivity contribution in [2.45, 2.75) is 0 Å². The lowest BCUT2D eigenvalue weighted by Gasteiger charge is -2.05. The van der Waals surface area contributed by atoms with E-state index in [9.17, 15) is 17.6 Å². The van der Waals surface area contributed by atoms with E-state index >= 15 is 0 Å². The van der Waals surface area contributed by atoms with Crippen molar-refractivity contribution < 1.29 is 17.6 Å². The average molecular weight is 452 g/mol. The minimum atomic E-state index is -0.981. The summed E-state index contributed by atoms with van der Waals surface area (Å²) in [4.78, 5) is 18.4. The van der Waals surface area contributed by atoms with Crippen LogP contribution in [0.1, 0.15) is 0 Å². The summed E-state index contributed by atoms with van der Waals surface area (Å²) >= 11 is 0. The van der Waals surface area contributed by atoms with Gasteiger partial charge in [-0.2, -0.15) is 0 Å². The number of nitrogens with zero attached hydrogens (tertiary/aromatic N) is 4. The predicted molar refractivity (Wildman–Crippen MR) is 119 cm³/mol. The summed E-state index contributed by atoms with van der Waals surface area (Å²) in [5, 5.41) is 1.78. The molecule has 0 bridgehead atoms. The van der Waals surface area contributed by atoms with E-state index in [2.05, 4.69) is 19.9 Å². The van der Waals surface area contributed by atoms with Gasteiger partial charge in [0, 0.05) is 57.3 Å². The third-order valence-corrected chi connectivity index (χ3v) is 6.59. The molecule has 0 unspecified atom stereocenters. The fraction of sp³-hybridized carbons (Fsp3) is 0. The van der Waals surface area contributed by atoms with Gasteiger partial charge >= 0.3 is 0 Å². The van der Waals surface area contributed by atoms with E-state index in [-0.39, 0.29) is 22.1 Å². The van der Waals surface area contributed by atoms with E-state index < -0.39 is 23.3 Å². The van der Waals surface area contributed by atoms with Gasteiger partial charge in [0.05, 0.1) is 44.8 Å². The van der Waals surface area contributed by atoms with Crippen molar-refractivity contribution in [1.29, 1.82) is 0 Å². The Morgan fingerprint density at radius 1 is 0.382 bits per heavy atom. The van der Waals surface area contributed by atoms with E-state index in [1.807, 2.05) is 24.3 Å². The molecule has 0 aliphatic heterocycles. The normalized spacial score (nSPS) is 12.7. The number of halogens is 4. The van der Waals surface area contributed by atoms with Crippen LogP contribution in [0.2, 0.25) is 0 Å². The molecule has 0 atom stereocenters. The highest BCUT2D eigenvalue weighted by Crippen LogP contribution is 2.54. The molecule has 2 aliphatic rings. The molecule has 2 heterocycles. The SMILES string of the molecule is Fc1cc2nc3c(nc2cc1F)-c1ccc2c4c(ccc-3c14)-c1nc3cc(F)c(F)cc3nc1-2. The fourth-order valence-electron chi connectivity index (χ4n) is 5.14. The summed E-state index contributed by atoms with van der Waals surface area (Å²) in [7, 11) is 0. The first-order chi connectivity index (χ1) is 16.5. The van der Waals surface area contributed by atoms with Crippen molar-refractivity contribution in [3.05, 3.63) is 71.8 Å². The Labute approximate surface area is 187 Å². The number of benzene rings is 4. The van der Waals surface area contributed by atoms with Crippen LogP contribution in [0.25, 0.3) is 77.9 Å². The van der Waals surface area contributed by atoms with Gasteiger partial charge in [0.25, 0.3) is 0 Å². The number of rotatable bonds is 0. The quantitative estimate of drug-likeness (QED) is 0.244. The van der Waals surface area contributed by atoms with Crippen LogP contribution >= 0.6 is 0 Å². The second-order valence-electron chi connectivity index (χ2n) is 8.42. The Morgan fingerprint density at radius 3 is 0.853 bits per heavy atom. The number of fused-ring (bicyclic) bond motifs is 8. The van der Waals surface area contributed by atoms with Crippen LogP contribution in [0.3, 0.4) is 0 Å². The Hall–Kier alpha value is -4.46. The van der Waals surface area contributed by atoms with E-state index in [0.717, 1.165) is 57.3 Å². The van der Waals surface area contributed by atoms with Gasteiger partial charge in [-0.25, -0.2) is 37.5 Å². The first-order valence-electron chi connectivity index (χ1n) is 10.4. The molecule has 0 amide bonds. The lowest BCUT2D eigenvalue weighted by atomic mass is 9.99. The van der Waals surface area contributed by atoms with E-state index in [1.165, 1.54) is 0 Å². The largest absolute Gasteiger partial charge is 0.244 e. The molecule has 0 N–H and O–H groups in total. The van der Waals surface area contributed by atoms with Crippen molar-refractivity contribution in [2.24, 2.45) is 0 Å². The van der Waals surface area contributed by atoms with Crippen molar-refractivity contribution in [1.82, 2.24) is 19.9 Å². The van der Waals surface area contributed by atoms with E-state index in [4.69, 9.17) is 0 Å². The third kappa shape index (κ3) is 2.04. The van der Waals surface area contributed by atoms with E-state index in [1.54, 1.807) is 0 Å². The van der Waals surface area contributed by atoms with Crippen LogP contribution < -0.4 is 0 Å². The summed E-state index contributed by atoms with van der Waals surface area (Å²) in [6.45, 7) is 0. The average Bonchev–Trinajstić information content (AvgIpc) is 3.29. The summed E-state index contributed by atoms with van der Waals surface area (Å²) < 4.78 is 55.3. The first-order valence-corrected chi connectivity index (χ1v) is 10.4. The Balaban J connectivity index is 1.46. The molecule has 0 saturated heterocycles. The molecule has 6 aromatic rings. The van der Waals surface area contributed by atoms with Crippen LogP contribution in [0.5, 0.6) is 0 Å². The van der Waals surface area contributed by atoms with Crippen LogP contribution in [-0.2, 0) is 0 Å². The predicted octanol–water partition coefficient (Wildman–Crippen LogP) is 6.58. The molecule has 160 valence electrons. The van der Waals surface area contributed by atoms with Gasteiger partial charge in [0.15, 0.2) is 23.3 Å². The molecule has 0 fully saturated rings. The molecule has 0 radical (unpaired) electrons. The maximum Gasteiger partial charge on any atom is 0.161 e. The van der Waals surface area contributed by atoms with Crippen molar-refractivity contribution in [3.63, 3.8) is 0 Å². The molecule has 8 heteroatoms. The Bertz CT molecular complexity index is 1690. The smallest absolute Gasteiger partial charge is 0.161 e. The maximum absolute atomic E-state index is 13.8. The van der Waals surface area contributed by atoms with E-state index in [0.29, 0.717) is 22.8 Å². The molecule has 2 aliphatic carbocycles. The first kappa shape index (κ1) is 18.0. The summed E-state index contributed by atoms with van der Waals surface area (Å²) in [5.41, 5.74) is 6.68. The molecule has 4 aromatic carbocycles. The number of hydrogen-bond donors (Lipinski definition) is 0. The summed E-state index contributed by atoms with van der Waals surface area (Å²) in [5.74, 6) is -3.92. The highest BCUT2D eigenvalue weighted by Gasteiger charge is 2.33. The number of hydrogen-bond acceptors (Lipinski definition) is 4. The highest BCUT2D eigenvalue weighted by atomic mass is 19.2. The van der Waals surface area contributed by atoms with Crippen LogP contribution in [0, 0.1) is 23.3 Å². The molecule has 8 rings (SSSR count). The topological polar surface area (TPSA) is 51.6 Å². The van der Waals surface area contributed by atoms with Crippen molar-refractivity contribution >= 4 is 32.8 Å². The molecule has 0 spiro atoms. The monoisotopic (exact) mass is 452 g/mol. The van der Waals surface area contributed by atoms with Gasteiger partial charge in [0.1, 0.15) is 0 Å². The van der Waals surface area contributed by atoms with Gasteiger partial charge in [-0.05, 0) is 0 Å². The van der Waals surface area contributed by atoms with Crippen LogP contribution in [-0.4, -0.2) is 19.9 Å². The minimum absolute atomic E-state index is 0.264. The zero-order valence-electron chi connectivity index (χ0n) is 16.9. The Morgan fingerprint density at radius 2 is 0.618 bits per heavy atom.